The van der Waals surface area contributed by atoms with Gasteiger partial charge < -0.3 is 10.6 Å². The first-order valence-electron chi connectivity index (χ1n) is 5.87. The average molecular weight is 269 g/mol. The van der Waals surface area contributed by atoms with Crippen LogP contribution in [0.4, 0.5) is 5.69 Å². The van der Waals surface area contributed by atoms with E-state index in [4.69, 9.17) is 0 Å². The van der Waals surface area contributed by atoms with Crippen molar-refractivity contribution in [1.29, 1.82) is 0 Å². The highest BCUT2D eigenvalue weighted by Gasteiger charge is 2.13. The van der Waals surface area contributed by atoms with Gasteiger partial charge in [-0.15, -0.1) is 23.7 Å². The molecule has 3 rings (SSSR count). The maximum Gasteiger partial charge on any atom is 0.0430 e. The lowest BCUT2D eigenvalue weighted by molar-refractivity contribution is 0.479. The molecule has 1 fully saturated rings. The van der Waals surface area contributed by atoms with E-state index in [2.05, 4.69) is 40.3 Å². The first-order valence-corrected chi connectivity index (χ1v) is 6.75. The maximum absolute atomic E-state index is 3.68. The second-order valence-electron chi connectivity index (χ2n) is 4.31. The van der Waals surface area contributed by atoms with Crippen molar-refractivity contribution in [1.82, 2.24) is 5.32 Å². The molecule has 2 nitrogen and oxygen atoms in total. The molecule has 92 valence electrons. The quantitative estimate of drug-likeness (QED) is 0.871. The van der Waals surface area contributed by atoms with Crippen LogP contribution in [0.3, 0.4) is 0 Å². The van der Waals surface area contributed by atoms with Crippen LogP contribution in [-0.4, -0.2) is 19.1 Å². The van der Waals surface area contributed by atoms with Gasteiger partial charge in [-0.1, -0.05) is 6.07 Å². The van der Waals surface area contributed by atoms with Crippen LogP contribution in [0.25, 0.3) is 10.1 Å². The molecule has 0 unspecified atom stereocenters. The van der Waals surface area contributed by atoms with E-state index in [0.717, 1.165) is 13.1 Å². The maximum atomic E-state index is 3.68. The average Bonchev–Trinajstić information content (AvgIpc) is 2.80. The van der Waals surface area contributed by atoms with Crippen LogP contribution in [0.5, 0.6) is 0 Å². The van der Waals surface area contributed by atoms with Crippen molar-refractivity contribution in [2.24, 2.45) is 0 Å². The third-order valence-electron chi connectivity index (χ3n) is 3.19. The van der Waals surface area contributed by atoms with Crippen LogP contribution >= 0.6 is 23.7 Å². The first kappa shape index (κ1) is 12.7. The fourth-order valence-electron chi connectivity index (χ4n) is 2.31. The molecule has 0 atom stereocenters. The molecule has 1 aliphatic heterocycles. The van der Waals surface area contributed by atoms with Crippen molar-refractivity contribution in [3.63, 3.8) is 0 Å². The number of halogens is 1. The van der Waals surface area contributed by atoms with Gasteiger partial charge in [-0.3, -0.25) is 0 Å². The van der Waals surface area contributed by atoms with E-state index in [1.165, 1.54) is 28.6 Å². The number of fused-ring (bicyclic) bond motifs is 1. The number of thiophene rings is 1. The van der Waals surface area contributed by atoms with Crippen molar-refractivity contribution in [2.45, 2.75) is 18.9 Å². The lowest BCUT2D eigenvalue weighted by Crippen LogP contribution is -2.35. The summed E-state index contributed by atoms with van der Waals surface area (Å²) in [6.45, 7) is 2.27. The smallest absolute Gasteiger partial charge is 0.0430 e. The van der Waals surface area contributed by atoms with Crippen LogP contribution in [0, 0.1) is 0 Å². The van der Waals surface area contributed by atoms with Gasteiger partial charge in [0.2, 0.25) is 0 Å². The summed E-state index contributed by atoms with van der Waals surface area (Å²) in [5.41, 5.74) is 1.30. The van der Waals surface area contributed by atoms with Crippen molar-refractivity contribution < 1.29 is 0 Å². The zero-order valence-electron chi connectivity index (χ0n) is 9.61. The van der Waals surface area contributed by atoms with Crippen LogP contribution < -0.4 is 10.6 Å². The number of rotatable bonds is 2. The number of hydrogen-bond donors (Lipinski definition) is 2. The minimum atomic E-state index is 0. The summed E-state index contributed by atoms with van der Waals surface area (Å²) in [5, 5.41) is 10.6. The van der Waals surface area contributed by atoms with Gasteiger partial charge >= 0.3 is 0 Å². The summed E-state index contributed by atoms with van der Waals surface area (Å²) in [4.78, 5) is 0. The van der Waals surface area contributed by atoms with Crippen LogP contribution in [-0.2, 0) is 0 Å². The van der Waals surface area contributed by atoms with Crippen molar-refractivity contribution in [3.05, 3.63) is 29.6 Å². The Morgan fingerprint density at radius 1 is 1.18 bits per heavy atom. The lowest BCUT2D eigenvalue weighted by Gasteiger charge is -2.25. The van der Waals surface area contributed by atoms with E-state index < -0.39 is 0 Å². The summed E-state index contributed by atoms with van der Waals surface area (Å²) in [6, 6.07) is 9.36. The number of piperidine rings is 1. The third-order valence-corrected chi connectivity index (χ3v) is 4.08. The molecular formula is C13H17ClN2S. The lowest BCUT2D eigenvalue weighted by atomic mass is 10.1. The predicted molar refractivity (Wildman–Crippen MR) is 78.6 cm³/mol. The van der Waals surface area contributed by atoms with E-state index in [1.54, 1.807) is 0 Å². The second-order valence-corrected chi connectivity index (χ2v) is 5.25. The molecular weight excluding hydrogens is 252 g/mol. The molecule has 0 amide bonds. The molecule has 2 aromatic rings. The Kier molecular flexibility index (Phi) is 4.26. The summed E-state index contributed by atoms with van der Waals surface area (Å²) in [7, 11) is 0. The standard InChI is InChI=1S/C13H16N2S.ClH/c1-2-12(11-6-9-16-13(11)3-1)15-10-4-7-14-8-5-10;/h1-3,6,9-10,14-15H,4-5,7-8H2;1H. The molecule has 0 aliphatic carbocycles. The molecule has 17 heavy (non-hydrogen) atoms. The summed E-state index contributed by atoms with van der Waals surface area (Å²) >= 11 is 1.81. The molecule has 0 radical (unpaired) electrons. The van der Waals surface area contributed by atoms with E-state index in [-0.39, 0.29) is 12.4 Å². The highest BCUT2D eigenvalue weighted by Crippen LogP contribution is 2.28. The summed E-state index contributed by atoms with van der Waals surface area (Å²) < 4.78 is 1.37. The topological polar surface area (TPSA) is 24.1 Å². The SMILES string of the molecule is Cl.c1cc(NC2CCNCC2)c2ccsc2c1. The van der Waals surface area contributed by atoms with Crippen LogP contribution in [0.15, 0.2) is 29.6 Å². The van der Waals surface area contributed by atoms with Crippen molar-refractivity contribution >= 4 is 39.5 Å². The molecule has 1 aromatic heterocycles. The highest BCUT2D eigenvalue weighted by molar-refractivity contribution is 7.17. The fourth-order valence-corrected chi connectivity index (χ4v) is 3.12. The molecule has 2 heterocycles. The van der Waals surface area contributed by atoms with Crippen molar-refractivity contribution in [3.8, 4) is 0 Å². The van der Waals surface area contributed by atoms with Gasteiger partial charge in [0.05, 0.1) is 0 Å². The normalized spacial score (nSPS) is 16.7. The highest BCUT2D eigenvalue weighted by atomic mass is 35.5. The number of hydrogen-bond acceptors (Lipinski definition) is 3. The molecule has 1 aromatic carbocycles. The molecule has 0 saturated carbocycles. The van der Waals surface area contributed by atoms with Gasteiger partial charge in [-0.2, -0.15) is 0 Å². The monoisotopic (exact) mass is 268 g/mol. The molecule has 2 N–H and O–H groups in total. The Morgan fingerprint density at radius 3 is 2.82 bits per heavy atom. The molecule has 1 aliphatic rings. The fraction of sp³-hybridized carbons (Fsp3) is 0.385. The van der Waals surface area contributed by atoms with Crippen LogP contribution in [0.1, 0.15) is 12.8 Å². The number of anilines is 1. The van der Waals surface area contributed by atoms with Gasteiger partial charge in [0.15, 0.2) is 0 Å². The largest absolute Gasteiger partial charge is 0.382 e. The number of nitrogens with one attached hydrogen (secondary N) is 2. The molecule has 0 spiro atoms. The summed E-state index contributed by atoms with van der Waals surface area (Å²) in [5.74, 6) is 0. The predicted octanol–water partition coefficient (Wildman–Crippen LogP) is 3.49. The van der Waals surface area contributed by atoms with E-state index in [0.29, 0.717) is 6.04 Å². The number of benzene rings is 1. The second kappa shape index (κ2) is 5.71. The van der Waals surface area contributed by atoms with E-state index in [1.807, 2.05) is 11.3 Å². The van der Waals surface area contributed by atoms with Gasteiger partial charge in [-0.25, -0.2) is 0 Å². The Morgan fingerprint density at radius 2 is 2.00 bits per heavy atom. The molecule has 1 saturated heterocycles. The third kappa shape index (κ3) is 2.73. The Labute approximate surface area is 112 Å². The minimum absolute atomic E-state index is 0. The summed E-state index contributed by atoms with van der Waals surface area (Å²) in [6.07, 6.45) is 2.45. The first-order chi connectivity index (χ1) is 7.93. The van der Waals surface area contributed by atoms with E-state index in [9.17, 15) is 0 Å². The molecule has 0 bridgehead atoms. The van der Waals surface area contributed by atoms with Gasteiger partial charge in [-0.05, 0) is 49.5 Å². The Bertz CT molecular complexity index is 477. The van der Waals surface area contributed by atoms with Crippen LogP contribution in [0.2, 0.25) is 0 Å². The van der Waals surface area contributed by atoms with Gasteiger partial charge in [0, 0.05) is 21.8 Å². The zero-order chi connectivity index (χ0) is 10.8. The molecule has 4 heteroatoms. The van der Waals surface area contributed by atoms with Gasteiger partial charge in [0.1, 0.15) is 0 Å². The van der Waals surface area contributed by atoms with Crippen molar-refractivity contribution in [2.75, 3.05) is 18.4 Å². The van der Waals surface area contributed by atoms with Gasteiger partial charge in [0.25, 0.3) is 0 Å². The Balaban J connectivity index is 0.00000108. The van der Waals surface area contributed by atoms with E-state index >= 15 is 0 Å². The minimum Gasteiger partial charge on any atom is -0.382 e. The Hall–Kier alpha value is -0.770. The zero-order valence-corrected chi connectivity index (χ0v) is 11.2.